The quantitative estimate of drug-likeness (QED) is 0.784. The highest BCUT2D eigenvalue weighted by Crippen LogP contribution is 2.14. The average Bonchev–Trinajstić information content (AvgIpc) is 2.70. The van der Waals surface area contributed by atoms with E-state index in [-0.39, 0.29) is 5.91 Å². The molecular weight excluding hydrogens is 388 g/mol. The zero-order valence-electron chi connectivity index (χ0n) is 16.3. The van der Waals surface area contributed by atoms with Crippen LogP contribution in [0.4, 0.5) is 5.69 Å². The minimum atomic E-state index is -3.12. The van der Waals surface area contributed by atoms with Gasteiger partial charge in [-0.25, -0.2) is 8.42 Å². The normalized spacial score (nSPS) is 15.6. The van der Waals surface area contributed by atoms with E-state index in [9.17, 15) is 13.2 Å². The van der Waals surface area contributed by atoms with E-state index in [1.807, 2.05) is 24.3 Å². The second-order valence-electron chi connectivity index (χ2n) is 7.12. The molecule has 152 valence electrons. The molecule has 0 saturated carbocycles. The Bertz CT molecular complexity index is 988. The van der Waals surface area contributed by atoms with Crippen LogP contribution in [-0.2, 0) is 23.0 Å². The number of nitrogens with one attached hydrogen (secondary N) is 1. The first-order valence-corrected chi connectivity index (χ1v) is 11.2. The fourth-order valence-electron chi connectivity index (χ4n) is 3.24. The number of piperazine rings is 1. The summed E-state index contributed by atoms with van der Waals surface area (Å²) in [5.74, 6) is -0.189. The van der Waals surface area contributed by atoms with E-state index >= 15 is 0 Å². The van der Waals surface area contributed by atoms with Crippen LogP contribution in [0.25, 0.3) is 0 Å². The topological polar surface area (TPSA) is 93.5 Å². The lowest BCUT2D eigenvalue weighted by Crippen LogP contribution is -2.47. The van der Waals surface area contributed by atoms with Crippen molar-refractivity contribution in [3.8, 4) is 6.07 Å². The van der Waals surface area contributed by atoms with Crippen molar-refractivity contribution in [2.45, 2.75) is 13.0 Å². The predicted molar refractivity (Wildman–Crippen MR) is 112 cm³/mol. The van der Waals surface area contributed by atoms with Gasteiger partial charge in [0.05, 0.1) is 18.7 Å². The maximum atomic E-state index is 12.4. The maximum absolute atomic E-state index is 12.4. The third-order valence-electron chi connectivity index (χ3n) is 4.92. The Morgan fingerprint density at radius 3 is 2.14 bits per heavy atom. The average molecular weight is 413 g/mol. The van der Waals surface area contributed by atoms with Gasteiger partial charge in [-0.05, 0) is 35.4 Å². The SMILES string of the molecule is CS(=O)(=O)N1CCN(Cc2ccc(C(=O)Nc3ccc(CC#N)cc3)cc2)CC1. The molecule has 0 spiro atoms. The van der Waals surface area contributed by atoms with Crippen LogP contribution >= 0.6 is 0 Å². The number of carbonyl (C=O) groups is 1. The summed E-state index contributed by atoms with van der Waals surface area (Å²) in [6.45, 7) is 3.12. The van der Waals surface area contributed by atoms with Gasteiger partial charge in [0.1, 0.15) is 0 Å². The van der Waals surface area contributed by atoms with Gasteiger partial charge in [0.15, 0.2) is 0 Å². The number of carbonyl (C=O) groups excluding carboxylic acids is 1. The van der Waals surface area contributed by atoms with Crippen molar-refractivity contribution in [2.24, 2.45) is 0 Å². The smallest absolute Gasteiger partial charge is 0.255 e. The molecule has 1 N–H and O–H groups in total. The van der Waals surface area contributed by atoms with E-state index in [0.717, 1.165) is 17.7 Å². The molecule has 29 heavy (non-hydrogen) atoms. The Balaban J connectivity index is 1.53. The third-order valence-corrected chi connectivity index (χ3v) is 6.22. The standard InChI is InChI=1S/C21H24N4O3S/c1-29(27,28)25-14-12-24(13-15-25)16-18-2-6-19(7-3-18)21(26)23-20-8-4-17(5-9-20)10-11-22/h2-9H,10,12-16H2,1H3,(H,23,26). The third kappa shape index (κ3) is 5.87. The number of anilines is 1. The van der Waals surface area contributed by atoms with Gasteiger partial charge in [-0.3, -0.25) is 9.69 Å². The Morgan fingerprint density at radius 1 is 1.00 bits per heavy atom. The summed E-state index contributed by atoms with van der Waals surface area (Å²) in [7, 11) is -3.12. The van der Waals surface area contributed by atoms with Crippen molar-refractivity contribution < 1.29 is 13.2 Å². The van der Waals surface area contributed by atoms with E-state index in [1.165, 1.54) is 10.6 Å². The fraction of sp³-hybridized carbons (Fsp3) is 0.333. The van der Waals surface area contributed by atoms with Crippen LogP contribution in [0, 0.1) is 11.3 Å². The van der Waals surface area contributed by atoms with E-state index in [0.29, 0.717) is 43.9 Å². The zero-order valence-corrected chi connectivity index (χ0v) is 17.2. The zero-order chi connectivity index (χ0) is 20.9. The lowest BCUT2D eigenvalue weighted by molar-refractivity contribution is 0.102. The van der Waals surface area contributed by atoms with Gasteiger partial charge in [0, 0.05) is 44.0 Å². The summed E-state index contributed by atoms with van der Waals surface area (Å²) >= 11 is 0. The van der Waals surface area contributed by atoms with Gasteiger partial charge in [-0.1, -0.05) is 24.3 Å². The molecule has 8 heteroatoms. The van der Waals surface area contributed by atoms with Crippen molar-refractivity contribution in [1.29, 1.82) is 5.26 Å². The molecule has 1 fully saturated rings. The number of nitriles is 1. The number of hydrogen-bond acceptors (Lipinski definition) is 5. The summed E-state index contributed by atoms with van der Waals surface area (Å²) in [5, 5.41) is 11.6. The molecule has 2 aromatic carbocycles. The summed E-state index contributed by atoms with van der Waals surface area (Å²) in [6, 6.07) is 16.8. The molecule has 3 rings (SSSR count). The summed E-state index contributed by atoms with van der Waals surface area (Å²) in [6.07, 6.45) is 1.59. The molecule has 0 unspecified atom stereocenters. The second-order valence-corrected chi connectivity index (χ2v) is 9.10. The molecule has 1 aliphatic heterocycles. The number of nitrogens with zero attached hydrogens (tertiary/aromatic N) is 3. The Kier molecular flexibility index (Phi) is 6.64. The number of rotatable bonds is 6. The van der Waals surface area contributed by atoms with Crippen LogP contribution < -0.4 is 5.32 Å². The van der Waals surface area contributed by atoms with Crippen LogP contribution in [-0.4, -0.2) is 56.0 Å². The van der Waals surface area contributed by atoms with Crippen LogP contribution in [0.2, 0.25) is 0 Å². The molecule has 1 aliphatic rings. The fourth-order valence-corrected chi connectivity index (χ4v) is 4.07. The first kappa shape index (κ1) is 21.0. The Hall–Kier alpha value is -2.73. The maximum Gasteiger partial charge on any atom is 0.255 e. The summed E-state index contributed by atoms with van der Waals surface area (Å²) in [5.41, 5.74) is 3.24. The van der Waals surface area contributed by atoms with Gasteiger partial charge < -0.3 is 5.32 Å². The van der Waals surface area contributed by atoms with Crippen LogP contribution in [0.15, 0.2) is 48.5 Å². The van der Waals surface area contributed by atoms with Crippen molar-refractivity contribution in [1.82, 2.24) is 9.21 Å². The lowest BCUT2D eigenvalue weighted by Gasteiger charge is -2.33. The van der Waals surface area contributed by atoms with Crippen LogP contribution in [0.5, 0.6) is 0 Å². The van der Waals surface area contributed by atoms with Gasteiger partial charge in [0.25, 0.3) is 5.91 Å². The molecule has 1 amide bonds. The number of benzene rings is 2. The van der Waals surface area contributed by atoms with Gasteiger partial charge in [0.2, 0.25) is 10.0 Å². The van der Waals surface area contributed by atoms with Crippen molar-refractivity contribution in [3.05, 3.63) is 65.2 Å². The molecule has 0 aromatic heterocycles. The molecule has 0 bridgehead atoms. The highest BCUT2D eigenvalue weighted by Gasteiger charge is 2.23. The first-order chi connectivity index (χ1) is 13.8. The minimum Gasteiger partial charge on any atom is -0.322 e. The minimum absolute atomic E-state index is 0.189. The van der Waals surface area contributed by atoms with Crippen LogP contribution in [0.1, 0.15) is 21.5 Å². The lowest BCUT2D eigenvalue weighted by atomic mass is 10.1. The molecule has 0 atom stereocenters. The molecule has 0 radical (unpaired) electrons. The number of hydrogen-bond donors (Lipinski definition) is 1. The number of sulfonamides is 1. The van der Waals surface area contributed by atoms with E-state index in [1.54, 1.807) is 24.3 Å². The molecule has 1 heterocycles. The van der Waals surface area contributed by atoms with Crippen molar-refractivity contribution >= 4 is 21.6 Å². The van der Waals surface area contributed by atoms with Gasteiger partial charge in [-0.15, -0.1) is 0 Å². The highest BCUT2D eigenvalue weighted by atomic mass is 32.2. The molecule has 2 aromatic rings. The highest BCUT2D eigenvalue weighted by molar-refractivity contribution is 7.88. The Morgan fingerprint density at radius 2 is 1.59 bits per heavy atom. The Labute approximate surface area is 171 Å². The van der Waals surface area contributed by atoms with Crippen molar-refractivity contribution in [2.75, 3.05) is 37.8 Å². The summed E-state index contributed by atoms with van der Waals surface area (Å²) < 4.78 is 24.7. The molecule has 7 nitrogen and oxygen atoms in total. The largest absolute Gasteiger partial charge is 0.322 e. The first-order valence-electron chi connectivity index (χ1n) is 9.39. The summed E-state index contributed by atoms with van der Waals surface area (Å²) in [4.78, 5) is 14.6. The second kappa shape index (κ2) is 9.18. The van der Waals surface area contributed by atoms with E-state index in [2.05, 4.69) is 16.3 Å². The van der Waals surface area contributed by atoms with Gasteiger partial charge in [-0.2, -0.15) is 9.57 Å². The van der Waals surface area contributed by atoms with Crippen LogP contribution in [0.3, 0.4) is 0 Å². The molecule has 0 aliphatic carbocycles. The van der Waals surface area contributed by atoms with Crippen molar-refractivity contribution in [3.63, 3.8) is 0 Å². The van der Waals surface area contributed by atoms with Gasteiger partial charge >= 0.3 is 0 Å². The monoisotopic (exact) mass is 412 g/mol. The molecular formula is C21H24N4O3S. The number of amides is 1. The predicted octanol–water partition coefficient (Wildman–Crippen LogP) is 2.08. The molecule has 1 saturated heterocycles. The van der Waals surface area contributed by atoms with E-state index in [4.69, 9.17) is 5.26 Å². The van der Waals surface area contributed by atoms with E-state index < -0.39 is 10.0 Å².